The van der Waals surface area contributed by atoms with Gasteiger partial charge in [-0.05, 0) is 31.7 Å². The van der Waals surface area contributed by atoms with E-state index in [1.165, 1.54) is 6.33 Å². The van der Waals surface area contributed by atoms with Crippen molar-refractivity contribution in [2.24, 2.45) is 11.8 Å². The van der Waals surface area contributed by atoms with Gasteiger partial charge in [0.15, 0.2) is 0 Å². The summed E-state index contributed by atoms with van der Waals surface area (Å²) in [7, 11) is -2.27. The summed E-state index contributed by atoms with van der Waals surface area (Å²) in [6.07, 6.45) is 2.63. The minimum absolute atomic E-state index is 0.166. The van der Waals surface area contributed by atoms with E-state index in [1.54, 1.807) is 13.3 Å². The van der Waals surface area contributed by atoms with Crippen LogP contribution in [-0.2, 0) is 15.7 Å². The van der Waals surface area contributed by atoms with Crippen molar-refractivity contribution in [3.05, 3.63) is 34.0 Å². The summed E-state index contributed by atoms with van der Waals surface area (Å²) in [4.78, 5) is 18.6. The highest BCUT2D eigenvalue weighted by molar-refractivity contribution is 7.62. The fourth-order valence-corrected chi connectivity index (χ4v) is 4.07. The van der Waals surface area contributed by atoms with Gasteiger partial charge in [0.1, 0.15) is 7.14 Å². The highest BCUT2D eigenvalue weighted by Gasteiger charge is 2.44. The minimum Gasteiger partial charge on any atom is -0.390 e. The molecule has 0 bridgehead atoms. The van der Waals surface area contributed by atoms with E-state index in [2.05, 4.69) is 9.97 Å². The third-order valence-electron chi connectivity index (χ3n) is 4.68. The van der Waals surface area contributed by atoms with Gasteiger partial charge >= 0.3 is 0 Å². The first kappa shape index (κ1) is 17.5. The van der Waals surface area contributed by atoms with Crippen LogP contribution in [0.1, 0.15) is 17.7 Å². The smallest absolute Gasteiger partial charge is 0.254 e. The zero-order valence-corrected chi connectivity index (χ0v) is 14.7. The van der Waals surface area contributed by atoms with Crippen LogP contribution in [0.15, 0.2) is 17.2 Å². The van der Waals surface area contributed by atoms with Crippen LogP contribution in [0, 0.1) is 11.8 Å². The molecule has 0 aromatic carbocycles. The van der Waals surface area contributed by atoms with Gasteiger partial charge in [-0.3, -0.25) is 4.79 Å². The Bertz CT molecular complexity index is 753. The van der Waals surface area contributed by atoms with Crippen molar-refractivity contribution in [3.8, 4) is 0 Å². The molecule has 3 rings (SSSR count). The highest BCUT2D eigenvalue weighted by atomic mass is 31.2. The molecular formula is C16H23N2O5P. The number of H-pyrrole nitrogens is 1. The molecule has 8 heteroatoms. The summed E-state index contributed by atoms with van der Waals surface area (Å²) < 4.78 is 17.2. The molecule has 0 unspecified atom stereocenters. The maximum Gasteiger partial charge on any atom is 0.254 e. The van der Waals surface area contributed by atoms with Gasteiger partial charge in [-0.15, -0.1) is 0 Å². The molecule has 0 amide bonds. The number of rotatable bonds is 5. The number of allylic oxidation sites excluding steroid dienone is 1. The number of aliphatic hydroxyl groups is 2. The number of aromatic amines is 1. The lowest BCUT2D eigenvalue weighted by atomic mass is 9.93. The summed E-state index contributed by atoms with van der Waals surface area (Å²) >= 11 is 0. The topological polar surface area (TPSA) is 113 Å². The Morgan fingerprint density at radius 1 is 1.38 bits per heavy atom. The average Bonchev–Trinajstić information content (AvgIpc) is 3.03. The molecule has 1 saturated carbocycles. The number of hydrogen-bond donors (Lipinski definition) is 3. The summed E-state index contributed by atoms with van der Waals surface area (Å²) in [5, 5.41) is 20.7. The molecule has 1 aromatic heterocycles. The second-order valence-corrected chi connectivity index (χ2v) is 10.5. The van der Waals surface area contributed by atoms with E-state index in [9.17, 15) is 19.6 Å². The van der Waals surface area contributed by atoms with Gasteiger partial charge in [0.25, 0.3) is 5.56 Å². The first-order valence-electron chi connectivity index (χ1n) is 8.03. The number of aliphatic hydroxyl groups excluding tert-OH is 2. The molecule has 1 fully saturated rings. The van der Waals surface area contributed by atoms with Crippen molar-refractivity contribution in [2.75, 3.05) is 26.3 Å². The Hall–Kier alpha value is -1.27. The number of hydrogen-bond acceptors (Lipinski definition) is 6. The lowest BCUT2D eigenvalue weighted by Gasteiger charge is -2.18. The van der Waals surface area contributed by atoms with Crippen LogP contribution in [0.5, 0.6) is 0 Å². The number of nitrogens with one attached hydrogen (secondary N) is 1. The van der Waals surface area contributed by atoms with Crippen LogP contribution < -0.4 is 5.56 Å². The molecule has 1 heterocycles. The van der Waals surface area contributed by atoms with E-state index >= 15 is 0 Å². The largest absolute Gasteiger partial charge is 0.390 e. The van der Waals surface area contributed by atoms with Crippen LogP contribution in [-0.4, -0.2) is 58.7 Å². The van der Waals surface area contributed by atoms with Crippen LogP contribution >= 0.6 is 7.14 Å². The Morgan fingerprint density at radius 2 is 2.12 bits per heavy atom. The van der Waals surface area contributed by atoms with E-state index in [0.717, 1.165) is 5.57 Å². The summed E-state index contributed by atoms with van der Waals surface area (Å²) in [5.41, 5.74) is 1.87. The van der Waals surface area contributed by atoms with Crippen LogP contribution in [0.4, 0.5) is 0 Å². The first-order valence-corrected chi connectivity index (χ1v) is 10.8. The highest BCUT2D eigenvalue weighted by Crippen LogP contribution is 2.43. The molecular weight excluding hydrogens is 331 g/mol. The molecule has 7 nitrogen and oxygen atoms in total. The number of ether oxygens (including phenoxy) is 1. The zero-order valence-electron chi connectivity index (χ0n) is 13.8. The SMILES string of the molecule is CP(C)(=O)COC[C@H]1C[C@@H](C2=CCc3c2nc[nH]c3=O)[C@H](O)[C@@H]1O. The summed E-state index contributed by atoms with van der Waals surface area (Å²) in [6, 6.07) is 0. The predicted octanol–water partition coefficient (Wildman–Crippen LogP) is 0.664. The summed E-state index contributed by atoms with van der Waals surface area (Å²) in [5.74, 6) is -0.511. The van der Waals surface area contributed by atoms with Gasteiger partial charge in [0.05, 0.1) is 37.2 Å². The van der Waals surface area contributed by atoms with Gasteiger partial charge in [-0.1, -0.05) is 6.08 Å². The number of nitrogens with zero attached hydrogens (tertiary/aromatic N) is 1. The maximum atomic E-state index is 11.8. The molecule has 2 aliphatic rings. The normalized spacial score (nSPS) is 29.6. The Labute approximate surface area is 140 Å². The van der Waals surface area contributed by atoms with E-state index in [1.807, 2.05) is 6.08 Å². The molecule has 3 N–H and O–H groups in total. The second kappa shape index (κ2) is 6.56. The van der Waals surface area contributed by atoms with Gasteiger partial charge < -0.3 is 24.5 Å². The van der Waals surface area contributed by atoms with Crippen molar-refractivity contribution >= 4 is 12.7 Å². The monoisotopic (exact) mass is 354 g/mol. The van der Waals surface area contributed by atoms with E-state index in [-0.39, 0.29) is 30.3 Å². The molecule has 0 spiro atoms. The quantitative estimate of drug-likeness (QED) is 0.670. The van der Waals surface area contributed by atoms with Crippen molar-refractivity contribution in [1.29, 1.82) is 0 Å². The van der Waals surface area contributed by atoms with Crippen LogP contribution in [0.25, 0.3) is 5.57 Å². The first-order chi connectivity index (χ1) is 11.3. The summed E-state index contributed by atoms with van der Waals surface area (Å²) in [6.45, 7) is 3.56. The Morgan fingerprint density at radius 3 is 2.83 bits per heavy atom. The molecule has 132 valence electrons. The molecule has 24 heavy (non-hydrogen) atoms. The van der Waals surface area contributed by atoms with Gasteiger partial charge in [0.2, 0.25) is 0 Å². The minimum atomic E-state index is -2.27. The second-order valence-electron chi connectivity index (χ2n) is 7.08. The zero-order chi connectivity index (χ0) is 17.5. The van der Waals surface area contributed by atoms with E-state index in [0.29, 0.717) is 24.1 Å². The van der Waals surface area contributed by atoms with Crippen molar-refractivity contribution in [3.63, 3.8) is 0 Å². The third-order valence-corrected chi connectivity index (χ3v) is 5.49. The number of fused-ring (bicyclic) bond motifs is 1. The van der Waals surface area contributed by atoms with Crippen molar-refractivity contribution < 1.29 is 19.5 Å². The lowest BCUT2D eigenvalue weighted by molar-refractivity contribution is -0.00754. The number of aromatic nitrogens is 2. The van der Waals surface area contributed by atoms with E-state index < -0.39 is 19.3 Å². The molecule has 0 radical (unpaired) electrons. The van der Waals surface area contributed by atoms with Gasteiger partial charge in [-0.25, -0.2) is 4.98 Å². The van der Waals surface area contributed by atoms with Crippen molar-refractivity contribution in [1.82, 2.24) is 9.97 Å². The van der Waals surface area contributed by atoms with Gasteiger partial charge in [-0.2, -0.15) is 0 Å². The van der Waals surface area contributed by atoms with Crippen LogP contribution in [0.3, 0.4) is 0 Å². The average molecular weight is 354 g/mol. The molecule has 2 aliphatic carbocycles. The molecule has 0 saturated heterocycles. The Kier molecular flexibility index (Phi) is 4.80. The van der Waals surface area contributed by atoms with E-state index in [4.69, 9.17) is 4.74 Å². The predicted molar refractivity (Wildman–Crippen MR) is 90.4 cm³/mol. The molecule has 1 aromatic rings. The molecule has 4 atom stereocenters. The maximum absolute atomic E-state index is 11.8. The fourth-order valence-electron chi connectivity index (χ4n) is 3.53. The van der Waals surface area contributed by atoms with Crippen LogP contribution in [0.2, 0.25) is 0 Å². The standard InChI is InChI=1S/C16H23N2O5P/c1-24(2,22)8-23-6-9-5-12(15(20)14(9)19)10-3-4-11-13(10)17-7-18-16(11)21/h3,7,9,12,14-15,19-20H,4-6,8H2,1-2H3,(H,17,18,21)/t9-,12+,14-,15+/m1/s1. The Balaban J connectivity index is 1.72. The fraction of sp³-hybridized carbons (Fsp3) is 0.625. The molecule has 0 aliphatic heterocycles. The van der Waals surface area contributed by atoms with Gasteiger partial charge in [0, 0.05) is 17.4 Å². The third kappa shape index (κ3) is 3.40. The van der Waals surface area contributed by atoms with Crippen molar-refractivity contribution in [2.45, 2.75) is 25.0 Å². The lowest BCUT2D eigenvalue weighted by Crippen LogP contribution is -2.30.